The second-order valence-electron chi connectivity index (χ2n) is 6.96. The molecule has 1 aliphatic carbocycles. The number of amidine groups is 1. The molecule has 0 atom stereocenters. The molecule has 0 unspecified atom stereocenters. The molecule has 1 heterocycles. The maximum atomic E-state index is 12.9. The van der Waals surface area contributed by atoms with E-state index in [0.717, 1.165) is 25.7 Å². The molecule has 0 N–H and O–H groups in total. The fraction of sp³-hybridized carbons (Fsp3) is 0.611. The number of morpholine rings is 1. The van der Waals surface area contributed by atoms with Crippen molar-refractivity contribution in [2.45, 2.75) is 43.4 Å². The largest absolute Gasteiger partial charge is 0.378 e. The van der Waals surface area contributed by atoms with Gasteiger partial charge < -0.3 is 9.64 Å². The maximum Gasteiger partial charge on any atom is 0.283 e. The molecule has 0 bridgehead atoms. The number of benzene rings is 1. The third-order valence-corrected chi connectivity index (χ3v) is 6.41. The van der Waals surface area contributed by atoms with E-state index in [9.17, 15) is 18.5 Å². The molecule has 0 radical (unpaired) electrons. The molecule has 1 aromatic carbocycles. The Bertz CT molecular complexity index is 778. The Hall–Kier alpha value is -2.00. The van der Waals surface area contributed by atoms with Crippen LogP contribution >= 0.6 is 0 Å². The monoisotopic (exact) mass is 395 g/mol. The minimum Gasteiger partial charge on any atom is -0.378 e. The van der Waals surface area contributed by atoms with E-state index < -0.39 is 14.9 Å². The number of nitrogens with zero attached hydrogens (tertiary/aromatic N) is 3. The normalized spacial score (nSPS) is 20.3. The minimum atomic E-state index is -3.93. The minimum absolute atomic E-state index is 0.0209. The number of hydrogen-bond acceptors (Lipinski definition) is 5. The van der Waals surface area contributed by atoms with Crippen LogP contribution in [0, 0.1) is 16.0 Å². The Labute approximate surface area is 159 Å². The molecule has 2 fully saturated rings. The first kappa shape index (κ1) is 19.8. The number of hydrogen-bond donors (Lipinski definition) is 0. The highest BCUT2D eigenvalue weighted by Gasteiger charge is 2.27. The van der Waals surface area contributed by atoms with E-state index >= 15 is 0 Å². The highest BCUT2D eigenvalue weighted by molar-refractivity contribution is 7.90. The molecule has 27 heavy (non-hydrogen) atoms. The lowest BCUT2D eigenvalue weighted by molar-refractivity contribution is -0.384. The van der Waals surface area contributed by atoms with Crippen LogP contribution in [0.5, 0.6) is 0 Å². The Morgan fingerprint density at radius 3 is 2.22 bits per heavy atom. The second-order valence-corrected chi connectivity index (χ2v) is 8.57. The van der Waals surface area contributed by atoms with Crippen molar-refractivity contribution in [2.75, 3.05) is 26.3 Å². The lowest BCUT2D eigenvalue weighted by atomic mass is 9.98. The first-order valence-corrected chi connectivity index (χ1v) is 10.8. The van der Waals surface area contributed by atoms with Crippen molar-refractivity contribution >= 4 is 21.5 Å². The maximum absolute atomic E-state index is 12.9. The third-order valence-electron chi connectivity index (χ3n) is 5.11. The van der Waals surface area contributed by atoms with Crippen molar-refractivity contribution in [1.82, 2.24) is 4.90 Å². The quantitative estimate of drug-likeness (QED) is 0.255. The van der Waals surface area contributed by atoms with Gasteiger partial charge in [0, 0.05) is 31.1 Å². The van der Waals surface area contributed by atoms with Gasteiger partial charge in [0.05, 0.1) is 23.0 Å². The smallest absolute Gasteiger partial charge is 0.283 e. The summed E-state index contributed by atoms with van der Waals surface area (Å²) in [5.41, 5.74) is -0.143. The van der Waals surface area contributed by atoms with Crippen LogP contribution in [0.4, 0.5) is 5.69 Å². The molecule has 1 saturated heterocycles. The summed E-state index contributed by atoms with van der Waals surface area (Å²) in [6.07, 6.45) is 6.36. The van der Waals surface area contributed by atoms with Crippen LogP contribution in [0.2, 0.25) is 0 Å². The summed E-state index contributed by atoms with van der Waals surface area (Å²) >= 11 is 0. The van der Waals surface area contributed by atoms with Gasteiger partial charge in [-0.2, -0.15) is 8.42 Å². The van der Waals surface area contributed by atoms with E-state index in [2.05, 4.69) is 4.40 Å². The first-order valence-electron chi connectivity index (χ1n) is 9.39. The summed E-state index contributed by atoms with van der Waals surface area (Å²) in [4.78, 5) is 12.3. The first-order chi connectivity index (χ1) is 13.0. The van der Waals surface area contributed by atoms with Gasteiger partial charge in [-0.25, -0.2) is 0 Å². The summed E-state index contributed by atoms with van der Waals surface area (Å²) in [6, 6.07) is 4.90. The number of non-ortho nitro benzene ring substituents is 1. The van der Waals surface area contributed by atoms with Gasteiger partial charge >= 0.3 is 0 Å². The lowest BCUT2D eigenvalue weighted by Gasteiger charge is -2.33. The molecule has 9 heteroatoms. The lowest BCUT2D eigenvalue weighted by Crippen LogP contribution is -2.44. The van der Waals surface area contributed by atoms with Gasteiger partial charge in [-0.3, -0.25) is 10.1 Å². The van der Waals surface area contributed by atoms with Crippen molar-refractivity contribution in [3.8, 4) is 0 Å². The number of sulfonamides is 1. The van der Waals surface area contributed by atoms with Crippen molar-refractivity contribution in [1.29, 1.82) is 0 Å². The van der Waals surface area contributed by atoms with Crippen LogP contribution in [-0.2, 0) is 14.8 Å². The van der Waals surface area contributed by atoms with Crippen LogP contribution in [0.1, 0.15) is 38.5 Å². The Kier molecular flexibility index (Phi) is 6.43. The Balaban J connectivity index is 1.93. The van der Waals surface area contributed by atoms with E-state index in [1.165, 1.54) is 37.1 Å². The second kappa shape index (κ2) is 8.79. The van der Waals surface area contributed by atoms with Gasteiger partial charge in [0.1, 0.15) is 5.84 Å². The van der Waals surface area contributed by atoms with E-state index in [-0.39, 0.29) is 16.5 Å². The molecule has 0 amide bonds. The van der Waals surface area contributed by atoms with Crippen molar-refractivity contribution in [3.63, 3.8) is 0 Å². The van der Waals surface area contributed by atoms with Crippen LogP contribution in [0.25, 0.3) is 0 Å². The molecule has 148 valence electrons. The number of nitro benzene ring substituents is 1. The number of ether oxygens (including phenoxy) is 1. The van der Waals surface area contributed by atoms with Crippen LogP contribution in [0.3, 0.4) is 0 Å². The van der Waals surface area contributed by atoms with Crippen LogP contribution in [-0.4, -0.2) is 50.4 Å². The molecule has 3 rings (SSSR count). The predicted molar refractivity (Wildman–Crippen MR) is 101 cm³/mol. The summed E-state index contributed by atoms with van der Waals surface area (Å²) in [6.45, 7) is 2.38. The van der Waals surface area contributed by atoms with E-state index in [1.54, 1.807) is 0 Å². The molecule has 1 aromatic rings. The molecule has 8 nitrogen and oxygen atoms in total. The number of rotatable bonds is 4. The molecule has 1 aliphatic heterocycles. The fourth-order valence-corrected chi connectivity index (χ4v) is 4.73. The van der Waals surface area contributed by atoms with Gasteiger partial charge in [-0.15, -0.1) is 4.40 Å². The fourth-order valence-electron chi connectivity index (χ4n) is 3.64. The molecule has 2 aliphatic rings. The van der Waals surface area contributed by atoms with Crippen LogP contribution in [0.15, 0.2) is 33.6 Å². The van der Waals surface area contributed by atoms with Gasteiger partial charge in [0.25, 0.3) is 15.7 Å². The topological polar surface area (TPSA) is 102 Å². The van der Waals surface area contributed by atoms with E-state index in [0.29, 0.717) is 32.1 Å². The zero-order chi connectivity index (χ0) is 19.3. The zero-order valence-corrected chi connectivity index (χ0v) is 16.1. The Morgan fingerprint density at radius 1 is 1.07 bits per heavy atom. The van der Waals surface area contributed by atoms with Gasteiger partial charge in [-0.05, 0) is 25.0 Å². The van der Waals surface area contributed by atoms with Gasteiger partial charge in [-0.1, -0.05) is 25.7 Å². The standard InChI is InChI=1S/C18H25N3O5S/c22-21(23)16-7-9-17(10-8-16)27(24,25)19-18(20-11-13-26-14-12-20)15-5-3-1-2-4-6-15/h7-10,15H,1-6,11-14H2/b19-18-. The Morgan fingerprint density at radius 2 is 1.67 bits per heavy atom. The highest BCUT2D eigenvalue weighted by atomic mass is 32.2. The zero-order valence-electron chi connectivity index (χ0n) is 15.2. The highest BCUT2D eigenvalue weighted by Crippen LogP contribution is 2.27. The van der Waals surface area contributed by atoms with E-state index in [1.807, 2.05) is 4.90 Å². The summed E-state index contributed by atoms with van der Waals surface area (Å²) in [7, 11) is -3.93. The molecular formula is C18H25N3O5S. The van der Waals surface area contributed by atoms with Crippen molar-refractivity contribution in [3.05, 3.63) is 34.4 Å². The van der Waals surface area contributed by atoms with Crippen molar-refractivity contribution in [2.24, 2.45) is 10.3 Å². The van der Waals surface area contributed by atoms with Gasteiger partial charge in [0.15, 0.2) is 0 Å². The summed E-state index contributed by atoms with van der Waals surface area (Å²) < 4.78 is 35.4. The average molecular weight is 395 g/mol. The van der Waals surface area contributed by atoms with Crippen LogP contribution < -0.4 is 0 Å². The van der Waals surface area contributed by atoms with Gasteiger partial charge in [0.2, 0.25) is 0 Å². The average Bonchev–Trinajstić information content (AvgIpc) is 2.96. The summed E-state index contributed by atoms with van der Waals surface area (Å²) in [5, 5.41) is 10.8. The molecular weight excluding hydrogens is 370 g/mol. The predicted octanol–water partition coefficient (Wildman–Crippen LogP) is 2.98. The molecule has 1 saturated carbocycles. The third kappa shape index (κ3) is 5.04. The molecule has 0 spiro atoms. The molecule has 0 aromatic heterocycles. The van der Waals surface area contributed by atoms with Crippen molar-refractivity contribution < 1.29 is 18.1 Å². The number of nitro groups is 1. The SMILES string of the molecule is O=[N+]([O-])c1ccc(S(=O)(=O)/N=C(/C2CCCCCC2)N2CCOCC2)cc1. The van der Waals surface area contributed by atoms with E-state index in [4.69, 9.17) is 4.74 Å². The summed E-state index contributed by atoms with van der Waals surface area (Å²) in [5.74, 6) is 0.747.